The van der Waals surface area contributed by atoms with E-state index in [0.29, 0.717) is 23.9 Å². The highest BCUT2D eigenvalue weighted by Crippen LogP contribution is 2.51. The number of aromatic nitrogens is 4. The molecule has 1 atom stereocenters. The monoisotopic (exact) mass is 366 g/mol. The Morgan fingerprint density at radius 3 is 3.04 bits per heavy atom. The van der Waals surface area contributed by atoms with Crippen LogP contribution >= 0.6 is 0 Å². The van der Waals surface area contributed by atoms with Gasteiger partial charge in [-0.15, -0.1) is 0 Å². The minimum Gasteiger partial charge on any atom is -0.473 e. The third-order valence-corrected chi connectivity index (χ3v) is 5.06. The van der Waals surface area contributed by atoms with E-state index in [1.54, 1.807) is 10.7 Å². The first-order valence-electron chi connectivity index (χ1n) is 8.92. The van der Waals surface area contributed by atoms with Crippen molar-refractivity contribution in [1.29, 1.82) is 0 Å². The Kier molecular flexibility index (Phi) is 3.37. The van der Waals surface area contributed by atoms with Crippen molar-refractivity contribution in [2.45, 2.75) is 31.4 Å². The summed E-state index contributed by atoms with van der Waals surface area (Å²) in [5.41, 5.74) is 2.56. The molecule has 1 fully saturated rings. The fourth-order valence-electron chi connectivity index (χ4n) is 3.44. The third kappa shape index (κ3) is 2.68. The van der Waals surface area contributed by atoms with Gasteiger partial charge in [-0.3, -0.25) is 0 Å². The summed E-state index contributed by atoms with van der Waals surface area (Å²) in [6.45, 7) is 6.56. The number of hydrogen-bond acceptors (Lipinski definition) is 6. The number of nitrogens with zero attached hydrogens (tertiary/aromatic N) is 4. The average molecular weight is 366 g/mol. The van der Waals surface area contributed by atoms with Crippen LogP contribution in [0.25, 0.3) is 11.3 Å². The maximum Gasteiger partial charge on any atom is 0.219 e. The summed E-state index contributed by atoms with van der Waals surface area (Å²) in [6.07, 6.45) is 6.30. The molecule has 1 spiro atoms. The largest absolute Gasteiger partial charge is 0.473 e. The molecule has 8 heteroatoms. The molecule has 3 aromatic heterocycles. The molecule has 2 aliphatic rings. The number of anilines is 1. The molecule has 1 aliphatic carbocycles. The molecule has 5 rings (SSSR count). The molecule has 4 heterocycles. The second kappa shape index (κ2) is 5.67. The van der Waals surface area contributed by atoms with Gasteiger partial charge in [-0.25, -0.2) is 18.9 Å². The summed E-state index contributed by atoms with van der Waals surface area (Å²) in [4.78, 5) is 8.92. The van der Waals surface area contributed by atoms with E-state index in [1.807, 2.05) is 19.2 Å². The van der Waals surface area contributed by atoms with Crippen molar-refractivity contribution in [2.75, 3.05) is 11.9 Å². The number of pyridine rings is 1. The van der Waals surface area contributed by atoms with E-state index in [-0.39, 0.29) is 11.9 Å². The second-order valence-corrected chi connectivity index (χ2v) is 7.14. The lowest BCUT2D eigenvalue weighted by Crippen LogP contribution is -2.29. The predicted octanol–water partition coefficient (Wildman–Crippen LogP) is 2.71. The smallest absolute Gasteiger partial charge is 0.219 e. The highest BCUT2D eigenvalue weighted by Gasteiger charge is 2.47. The minimum absolute atomic E-state index is 0.183. The van der Waals surface area contributed by atoms with Crippen molar-refractivity contribution in [2.24, 2.45) is 0 Å². The number of ether oxygens (including phenoxy) is 1. The molecule has 3 aromatic rings. The van der Waals surface area contributed by atoms with Crippen molar-refractivity contribution in [1.82, 2.24) is 24.9 Å². The first-order chi connectivity index (χ1) is 13.0. The second-order valence-electron chi connectivity index (χ2n) is 7.14. The molecule has 0 saturated heterocycles. The summed E-state index contributed by atoms with van der Waals surface area (Å²) in [7, 11) is 0. The van der Waals surface area contributed by atoms with E-state index in [9.17, 15) is 4.39 Å². The topological polar surface area (TPSA) is 76.4 Å². The molecule has 7 nitrogen and oxygen atoms in total. The van der Waals surface area contributed by atoms with Crippen LogP contribution < -0.4 is 15.4 Å². The van der Waals surface area contributed by atoms with Crippen LogP contribution in [0.3, 0.4) is 0 Å². The fraction of sp³-hybridized carbons (Fsp3) is 0.316. The molecule has 138 valence electrons. The molecular weight excluding hydrogens is 347 g/mol. The first-order valence-corrected chi connectivity index (χ1v) is 8.92. The molecule has 0 amide bonds. The highest BCUT2D eigenvalue weighted by molar-refractivity contribution is 5.74. The van der Waals surface area contributed by atoms with Crippen LogP contribution in [0, 0.1) is 5.82 Å². The van der Waals surface area contributed by atoms with E-state index in [1.165, 1.54) is 12.3 Å². The van der Waals surface area contributed by atoms with Gasteiger partial charge in [-0.2, -0.15) is 5.10 Å². The van der Waals surface area contributed by atoms with Gasteiger partial charge in [0.15, 0.2) is 5.65 Å². The first kappa shape index (κ1) is 16.0. The molecule has 0 radical (unpaired) electrons. The van der Waals surface area contributed by atoms with Gasteiger partial charge in [0, 0.05) is 17.5 Å². The van der Waals surface area contributed by atoms with Crippen molar-refractivity contribution in [3.05, 3.63) is 54.2 Å². The van der Waals surface area contributed by atoms with Crippen molar-refractivity contribution in [3.8, 4) is 5.88 Å². The quantitative estimate of drug-likeness (QED) is 0.637. The van der Waals surface area contributed by atoms with Crippen molar-refractivity contribution in [3.63, 3.8) is 0 Å². The molecule has 0 aromatic carbocycles. The fourth-order valence-corrected chi connectivity index (χ4v) is 3.44. The highest BCUT2D eigenvalue weighted by atomic mass is 19.1. The van der Waals surface area contributed by atoms with Gasteiger partial charge in [0.05, 0.1) is 30.0 Å². The summed E-state index contributed by atoms with van der Waals surface area (Å²) in [5.74, 6) is 0.761. The van der Waals surface area contributed by atoms with Gasteiger partial charge >= 0.3 is 0 Å². The van der Waals surface area contributed by atoms with Crippen LogP contribution in [0.5, 0.6) is 5.88 Å². The van der Waals surface area contributed by atoms with Gasteiger partial charge in [0.2, 0.25) is 5.88 Å². The molecule has 1 saturated carbocycles. The van der Waals surface area contributed by atoms with Crippen LogP contribution in [-0.2, 0) is 5.54 Å². The number of hydrogen-bond donors (Lipinski definition) is 2. The van der Waals surface area contributed by atoms with E-state index in [0.717, 1.165) is 29.7 Å². The SMILES string of the molecule is C=C1NC[C@@H](C)Oc2ncc(F)cc2C2(CC2)Nc2ccn3ncc1c3n2. The maximum absolute atomic E-state index is 14.0. The lowest BCUT2D eigenvalue weighted by molar-refractivity contribution is 0.210. The van der Waals surface area contributed by atoms with E-state index in [2.05, 4.69) is 27.3 Å². The van der Waals surface area contributed by atoms with Gasteiger partial charge in [-0.05, 0) is 31.9 Å². The van der Waals surface area contributed by atoms with Crippen LogP contribution in [0.2, 0.25) is 0 Å². The normalized spacial score (nSPS) is 20.7. The van der Waals surface area contributed by atoms with Gasteiger partial charge < -0.3 is 15.4 Å². The Morgan fingerprint density at radius 1 is 1.37 bits per heavy atom. The maximum atomic E-state index is 14.0. The average Bonchev–Trinajstić information content (AvgIpc) is 3.30. The summed E-state index contributed by atoms with van der Waals surface area (Å²) in [5, 5.41) is 11.1. The molecule has 27 heavy (non-hydrogen) atoms. The van der Waals surface area contributed by atoms with Crippen LogP contribution in [0.1, 0.15) is 30.9 Å². The summed E-state index contributed by atoms with van der Waals surface area (Å²) in [6, 6.07) is 3.36. The van der Waals surface area contributed by atoms with Crippen LogP contribution in [0.15, 0.2) is 37.3 Å². The van der Waals surface area contributed by atoms with Gasteiger partial charge in [-0.1, -0.05) is 6.58 Å². The Hall–Kier alpha value is -3.16. The number of halogens is 1. The van der Waals surface area contributed by atoms with Gasteiger partial charge in [0.1, 0.15) is 17.7 Å². The van der Waals surface area contributed by atoms with Crippen molar-refractivity contribution < 1.29 is 9.13 Å². The number of fused-ring (bicyclic) bond motifs is 3. The van der Waals surface area contributed by atoms with Crippen molar-refractivity contribution >= 4 is 17.2 Å². The lowest BCUT2D eigenvalue weighted by Gasteiger charge is -2.23. The standard InChI is InChI=1S/C19H19FN6O/c1-11-8-21-12(2)14-10-23-26-6-3-16(24-17(14)26)25-19(4-5-19)15-7-13(20)9-22-18(15)27-11/h3,6-7,9-11,21H,2,4-5,8H2,1H3,(H,24,25)/t11-/m1/s1. The van der Waals surface area contributed by atoms with E-state index < -0.39 is 5.54 Å². The Balaban J connectivity index is 1.66. The summed E-state index contributed by atoms with van der Waals surface area (Å²) >= 11 is 0. The molecule has 2 N–H and O–H groups in total. The molecule has 1 aliphatic heterocycles. The number of rotatable bonds is 0. The lowest BCUT2D eigenvalue weighted by atomic mass is 10.1. The van der Waals surface area contributed by atoms with E-state index in [4.69, 9.17) is 9.72 Å². The Labute approximate surface area is 155 Å². The molecule has 2 bridgehead atoms. The number of nitrogens with one attached hydrogen (secondary N) is 2. The third-order valence-electron chi connectivity index (χ3n) is 5.06. The van der Waals surface area contributed by atoms with E-state index >= 15 is 0 Å². The van der Waals surface area contributed by atoms with Gasteiger partial charge in [0.25, 0.3) is 0 Å². The molecular formula is C19H19FN6O. The Morgan fingerprint density at radius 2 is 2.22 bits per heavy atom. The molecule has 0 unspecified atom stereocenters. The van der Waals surface area contributed by atoms with Crippen LogP contribution in [-0.4, -0.2) is 32.2 Å². The minimum atomic E-state index is -0.422. The zero-order valence-corrected chi connectivity index (χ0v) is 14.9. The Bertz CT molecular complexity index is 1060. The predicted molar refractivity (Wildman–Crippen MR) is 98.8 cm³/mol. The zero-order valence-electron chi connectivity index (χ0n) is 14.9. The summed E-state index contributed by atoms with van der Waals surface area (Å²) < 4.78 is 21.7. The zero-order chi connectivity index (χ0) is 18.6. The van der Waals surface area contributed by atoms with Crippen LogP contribution in [0.4, 0.5) is 10.2 Å².